The molecule has 0 radical (unpaired) electrons. The van der Waals surface area contributed by atoms with Crippen molar-refractivity contribution in [2.45, 2.75) is 12.5 Å². The van der Waals surface area contributed by atoms with E-state index < -0.39 is 0 Å². The lowest BCUT2D eigenvalue weighted by atomic mass is 9.88. The van der Waals surface area contributed by atoms with E-state index in [0.29, 0.717) is 5.75 Å². The number of ether oxygens (including phenoxy) is 1. The molecule has 3 heteroatoms. The number of nitrogens with one attached hydrogen (secondary N) is 1. The highest BCUT2D eigenvalue weighted by Gasteiger charge is 2.24. The minimum atomic E-state index is 0.0583. The molecule has 3 aromatic carbocycles. The number of rotatable bonds is 3. The molecule has 126 valence electrons. The highest BCUT2D eigenvalue weighted by Crippen LogP contribution is 2.37. The summed E-state index contributed by atoms with van der Waals surface area (Å²) in [4.78, 5) is 0. The fourth-order valence-corrected chi connectivity index (χ4v) is 3.60. The van der Waals surface area contributed by atoms with Crippen molar-refractivity contribution in [3.05, 3.63) is 83.4 Å². The molecule has 0 spiro atoms. The van der Waals surface area contributed by atoms with Crippen LogP contribution in [0, 0.1) is 0 Å². The Balaban J connectivity index is 1.83. The SMILES string of the molecule is COc1ccc(-c2ccccc2)cc1C1NCCc2cc(O)ccc21. The molecule has 3 aromatic rings. The number of phenols is 1. The largest absolute Gasteiger partial charge is 0.508 e. The van der Waals surface area contributed by atoms with Crippen LogP contribution in [0.15, 0.2) is 66.7 Å². The van der Waals surface area contributed by atoms with Crippen molar-refractivity contribution in [1.82, 2.24) is 5.32 Å². The number of hydrogen-bond acceptors (Lipinski definition) is 3. The van der Waals surface area contributed by atoms with Crippen LogP contribution in [-0.4, -0.2) is 18.8 Å². The van der Waals surface area contributed by atoms with E-state index in [1.807, 2.05) is 24.3 Å². The summed E-state index contributed by atoms with van der Waals surface area (Å²) in [6, 6.07) is 22.4. The van der Waals surface area contributed by atoms with Crippen molar-refractivity contribution in [2.24, 2.45) is 0 Å². The monoisotopic (exact) mass is 331 g/mol. The van der Waals surface area contributed by atoms with Crippen molar-refractivity contribution in [3.8, 4) is 22.6 Å². The average molecular weight is 331 g/mol. The van der Waals surface area contributed by atoms with Crippen molar-refractivity contribution in [3.63, 3.8) is 0 Å². The normalized spacial score (nSPS) is 16.3. The van der Waals surface area contributed by atoms with Gasteiger partial charge in [0, 0.05) is 12.1 Å². The van der Waals surface area contributed by atoms with Crippen molar-refractivity contribution < 1.29 is 9.84 Å². The molecule has 3 nitrogen and oxygen atoms in total. The fraction of sp³-hybridized carbons (Fsp3) is 0.182. The number of methoxy groups -OCH3 is 1. The molecule has 1 aliphatic rings. The highest BCUT2D eigenvalue weighted by molar-refractivity contribution is 5.66. The minimum absolute atomic E-state index is 0.0583. The van der Waals surface area contributed by atoms with Gasteiger partial charge in [-0.15, -0.1) is 0 Å². The van der Waals surface area contributed by atoms with Crippen molar-refractivity contribution >= 4 is 0 Å². The highest BCUT2D eigenvalue weighted by atomic mass is 16.5. The van der Waals surface area contributed by atoms with Crippen LogP contribution < -0.4 is 10.1 Å². The maximum absolute atomic E-state index is 9.79. The minimum Gasteiger partial charge on any atom is -0.508 e. The molecule has 1 aliphatic heterocycles. The molecule has 0 bridgehead atoms. The molecule has 0 amide bonds. The maximum Gasteiger partial charge on any atom is 0.124 e. The fourth-order valence-electron chi connectivity index (χ4n) is 3.60. The lowest BCUT2D eigenvalue weighted by molar-refractivity contribution is 0.402. The third-order valence-corrected chi connectivity index (χ3v) is 4.83. The summed E-state index contributed by atoms with van der Waals surface area (Å²) >= 11 is 0. The molecule has 0 saturated carbocycles. The number of hydrogen-bond donors (Lipinski definition) is 2. The van der Waals surface area contributed by atoms with Crippen LogP contribution in [-0.2, 0) is 6.42 Å². The summed E-state index contributed by atoms with van der Waals surface area (Å²) in [5.74, 6) is 1.20. The third-order valence-electron chi connectivity index (χ3n) is 4.83. The second kappa shape index (κ2) is 6.61. The Hall–Kier alpha value is -2.78. The molecule has 0 aliphatic carbocycles. The summed E-state index contributed by atoms with van der Waals surface area (Å²) in [7, 11) is 1.71. The van der Waals surface area contributed by atoms with Crippen LogP contribution in [0.1, 0.15) is 22.7 Å². The number of benzene rings is 3. The van der Waals surface area contributed by atoms with Gasteiger partial charge in [0.15, 0.2) is 0 Å². The van der Waals surface area contributed by atoms with E-state index in [-0.39, 0.29) is 6.04 Å². The Morgan fingerprint density at radius 2 is 1.76 bits per heavy atom. The number of fused-ring (bicyclic) bond motifs is 1. The van der Waals surface area contributed by atoms with Crippen LogP contribution in [0.5, 0.6) is 11.5 Å². The van der Waals surface area contributed by atoms with Gasteiger partial charge in [-0.1, -0.05) is 42.5 Å². The third kappa shape index (κ3) is 2.99. The van der Waals surface area contributed by atoms with Gasteiger partial charge in [-0.2, -0.15) is 0 Å². The van der Waals surface area contributed by atoms with Crippen LogP contribution in [0.4, 0.5) is 0 Å². The molecular weight excluding hydrogens is 310 g/mol. The predicted octanol–water partition coefficient (Wildman–Crippen LogP) is 4.30. The zero-order valence-electron chi connectivity index (χ0n) is 14.2. The van der Waals surface area contributed by atoms with Gasteiger partial charge >= 0.3 is 0 Å². The molecule has 4 rings (SSSR count). The predicted molar refractivity (Wildman–Crippen MR) is 100 cm³/mol. The van der Waals surface area contributed by atoms with Crippen LogP contribution >= 0.6 is 0 Å². The van der Waals surface area contributed by atoms with E-state index in [0.717, 1.165) is 24.3 Å². The Bertz CT molecular complexity index is 890. The van der Waals surface area contributed by atoms with Crippen LogP contribution in [0.2, 0.25) is 0 Å². The molecule has 25 heavy (non-hydrogen) atoms. The standard InChI is InChI=1S/C22H21NO2/c1-25-21-10-7-16(15-5-3-2-4-6-15)14-20(21)22-19-9-8-18(24)13-17(19)11-12-23-22/h2-10,13-14,22-24H,11-12H2,1H3. The van der Waals surface area contributed by atoms with Gasteiger partial charge in [0.05, 0.1) is 13.2 Å². The second-order valence-corrected chi connectivity index (χ2v) is 6.34. The Labute approximate surface area is 147 Å². The van der Waals surface area contributed by atoms with Gasteiger partial charge in [-0.05, 0) is 52.9 Å². The Kier molecular flexibility index (Phi) is 4.16. The van der Waals surface area contributed by atoms with Gasteiger partial charge in [-0.25, -0.2) is 0 Å². The molecule has 2 N–H and O–H groups in total. The number of phenolic OH excluding ortho intramolecular Hbond substituents is 1. The first-order valence-corrected chi connectivity index (χ1v) is 8.55. The lowest BCUT2D eigenvalue weighted by Gasteiger charge is -2.29. The number of aromatic hydroxyl groups is 1. The lowest BCUT2D eigenvalue weighted by Crippen LogP contribution is -2.30. The first-order chi connectivity index (χ1) is 12.3. The van der Waals surface area contributed by atoms with Crippen molar-refractivity contribution in [2.75, 3.05) is 13.7 Å². The summed E-state index contributed by atoms with van der Waals surface area (Å²) in [6.45, 7) is 0.875. The topological polar surface area (TPSA) is 41.5 Å². The van der Waals surface area contributed by atoms with Crippen LogP contribution in [0.3, 0.4) is 0 Å². The molecule has 1 heterocycles. The first kappa shape index (κ1) is 15.7. The van der Waals surface area contributed by atoms with Gasteiger partial charge in [0.1, 0.15) is 11.5 Å². The summed E-state index contributed by atoms with van der Waals surface area (Å²) in [5.41, 5.74) is 5.87. The van der Waals surface area contributed by atoms with Gasteiger partial charge in [0.2, 0.25) is 0 Å². The molecule has 0 aromatic heterocycles. The Morgan fingerprint density at radius 1 is 0.920 bits per heavy atom. The summed E-state index contributed by atoms with van der Waals surface area (Å²) < 4.78 is 5.64. The summed E-state index contributed by atoms with van der Waals surface area (Å²) in [5, 5.41) is 13.4. The zero-order valence-corrected chi connectivity index (χ0v) is 14.2. The smallest absolute Gasteiger partial charge is 0.124 e. The average Bonchev–Trinajstić information content (AvgIpc) is 2.67. The first-order valence-electron chi connectivity index (χ1n) is 8.55. The Morgan fingerprint density at radius 3 is 2.56 bits per heavy atom. The van der Waals surface area contributed by atoms with E-state index >= 15 is 0 Å². The quantitative estimate of drug-likeness (QED) is 0.752. The van der Waals surface area contributed by atoms with Crippen molar-refractivity contribution in [1.29, 1.82) is 0 Å². The molecular formula is C22H21NO2. The van der Waals surface area contributed by atoms with Gasteiger partial charge < -0.3 is 15.2 Å². The van der Waals surface area contributed by atoms with E-state index in [1.165, 1.54) is 22.3 Å². The second-order valence-electron chi connectivity index (χ2n) is 6.34. The van der Waals surface area contributed by atoms with Gasteiger partial charge in [-0.3, -0.25) is 0 Å². The summed E-state index contributed by atoms with van der Waals surface area (Å²) in [6.07, 6.45) is 0.918. The van der Waals surface area contributed by atoms with E-state index in [4.69, 9.17) is 4.74 Å². The molecule has 0 fully saturated rings. The van der Waals surface area contributed by atoms with Gasteiger partial charge in [0.25, 0.3) is 0 Å². The maximum atomic E-state index is 9.79. The van der Waals surface area contributed by atoms with E-state index in [9.17, 15) is 5.11 Å². The molecule has 0 saturated heterocycles. The van der Waals surface area contributed by atoms with E-state index in [2.05, 4.69) is 41.7 Å². The van der Waals surface area contributed by atoms with E-state index in [1.54, 1.807) is 13.2 Å². The molecule has 1 atom stereocenters. The molecule has 1 unspecified atom stereocenters. The van der Waals surface area contributed by atoms with Crippen LogP contribution in [0.25, 0.3) is 11.1 Å². The zero-order chi connectivity index (χ0) is 17.2.